The van der Waals surface area contributed by atoms with Crippen molar-refractivity contribution in [3.05, 3.63) is 87.3 Å². The van der Waals surface area contributed by atoms with Crippen molar-refractivity contribution in [3.63, 3.8) is 0 Å². The molecule has 6 fully saturated rings. The van der Waals surface area contributed by atoms with E-state index in [4.69, 9.17) is 103 Å². The van der Waals surface area contributed by atoms with Crippen LogP contribution in [0.1, 0.15) is 123 Å². The standard InChI is InChI=1S/C16H20BrClN4O2S.C16H21ClN4O3S.C16H19ClN4O3S.C15H19ClN4O2S.C9H18N2O2.C6H2Cl2N2S.C5H12N2O2S.C2HF3O2/c1-16(2,3)24-15(23)22-6-4-21(5-7-22)13-12-11(19-14(18)20-13)8-10(9-17)25-12;2*1-16(2,3)24-15(23)21-6-4-20(5-7-21)13-12-11(18-14(17)19-13)8-10(9-22)25-12;1-15(2,3)22-14(21)20-7-5-19(6-8-20)12-11-10(4-9-23-11)17-13(16)18-12;1-9(2,3)13-8(12)11-6-4-10-5-7-11;7-5-4-3(1-2-11-4)9-6(8)10-5;1-10(8,9)7-4-2-6-3-5-7;3-2(4,5)1(6)7/h8H,4-7,9H2,1-3H3;8,22H,4-7,9H2,1-3H3;8-9H,4-7H2,1-3H3;4,9H,5-8H2,1-3H3;10H,4-7H2,1-3H3;1-2H;6H,2-5H2,1H3;(H,6,7). The molecule has 10 aromatic rings. The average molecular weight is 2240 g/mol. The van der Waals surface area contributed by atoms with Gasteiger partial charge in [0, 0.05) is 172 Å². The van der Waals surface area contributed by atoms with Crippen LogP contribution in [0.3, 0.4) is 0 Å². The third-order valence-corrected chi connectivity index (χ3v) is 28.1. The van der Waals surface area contributed by atoms with Gasteiger partial charge in [0.05, 0.1) is 68.8 Å². The molecule has 5 amide bonds. The molecule has 6 saturated heterocycles. The lowest BCUT2D eigenvalue weighted by Gasteiger charge is -2.36. The molecule has 0 radical (unpaired) electrons. The zero-order valence-corrected chi connectivity index (χ0v) is 90.3. The normalized spacial score (nSPS) is 15.9. The highest BCUT2D eigenvalue weighted by Gasteiger charge is 2.39. The zero-order valence-electron chi connectivity index (χ0n) is 79.3. The molecule has 764 valence electrons. The Kier molecular flexibility index (Phi) is 41.3. The Bertz CT molecular complexity index is 5850. The van der Waals surface area contributed by atoms with Crippen LogP contribution in [0.5, 0.6) is 0 Å². The summed E-state index contributed by atoms with van der Waals surface area (Å²) in [7, 11) is -2.93. The second-order valence-electron chi connectivity index (χ2n) is 36.2. The smallest absolute Gasteiger partial charge is 0.475 e. The topological polar surface area (TPSA) is 426 Å². The molecule has 139 heavy (non-hydrogen) atoms. The fourth-order valence-electron chi connectivity index (χ4n) is 13.3. The first-order valence-electron chi connectivity index (χ1n) is 43.5. The predicted molar refractivity (Wildman–Crippen MR) is 545 cm³/mol. The van der Waals surface area contributed by atoms with Crippen molar-refractivity contribution in [3.8, 4) is 0 Å². The van der Waals surface area contributed by atoms with E-state index in [0.717, 1.165) is 119 Å². The number of amides is 5. The Hall–Kier alpha value is -8.31. The number of thiophene rings is 5. The molecule has 0 bridgehead atoms. The number of aliphatic carboxylic acids is 1. The number of carboxylic acids is 1. The van der Waals surface area contributed by atoms with Gasteiger partial charge in [-0.15, -0.1) is 56.7 Å². The molecule has 0 spiro atoms. The number of carbonyl (C=O) groups is 7. The molecular formula is C85H112BrCl6F3N22O16S6. The first-order valence-corrected chi connectivity index (χ1v) is 52.9. The number of hydrogen-bond acceptors (Lipinski definition) is 36. The van der Waals surface area contributed by atoms with Crippen LogP contribution in [0.4, 0.5) is 60.4 Å². The number of aliphatic hydroxyl groups is 1. The highest BCUT2D eigenvalue weighted by Crippen LogP contribution is 2.39. The van der Waals surface area contributed by atoms with E-state index in [2.05, 4.69) is 96.0 Å². The maximum atomic E-state index is 12.2. The number of aldehydes is 1. The number of halogens is 10. The third-order valence-electron chi connectivity index (χ3n) is 19.5. The number of fused-ring (bicyclic) bond motifs is 5. The molecule has 0 saturated carbocycles. The van der Waals surface area contributed by atoms with E-state index in [1.807, 2.05) is 139 Å². The highest BCUT2D eigenvalue weighted by atomic mass is 79.9. The molecule has 10 aromatic heterocycles. The number of rotatable bonds is 8. The second kappa shape index (κ2) is 50.3. The fraction of sp³-hybridized carbons (Fsp3) is 0.565. The number of aliphatic hydroxyl groups excluding tert-OH is 1. The lowest BCUT2D eigenvalue weighted by molar-refractivity contribution is -0.192. The number of alkyl halides is 4. The van der Waals surface area contributed by atoms with Gasteiger partial charge in [0.15, 0.2) is 34.7 Å². The van der Waals surface area contributed by atoms with Gasteiger partial charge in [-0.25, -0.2) is 67.1 Å². The van der Waals surface area contributed by atoms with Gasteiger partial charge in [0.25, 0.3) is 0 Å². The number of piperazine rings is 6. The number of carbonyl (C=O) groups excluding carboxylic acids is 6. The van der Waals surface area contributed by atoms with E-state index >= 15 is 0 Å². The van der Waals surface area contributed by atoms with Gasteiger partial charge in [-0.3, -0.25) is 4.79 Å². The van der Waals surface area contributed by atoms with Crippen molar-refractivity contribution in [2.45, 2.75) is 150 Å². The fourth-order valence-corrected chi connectivity index (χ4v) is 20.3. The van der Waals surface area contributed by atoms with Crippen molar-refractivity contribution < 1.29 is 89.0 Å². The lowest BCUT2D eigenvalue weighted by atomic mass is 10.2. The Morgan fingerprint density at radius 1 is 0.410 bits per heavy atom. The summed E-state index contributed by atoms with van der Waals surface area (Å²) in [6, 6.07) is 9.37. The molecular weight excluding hydrogens is 2130 g/mol. The van der Waals surface area contributed by atoms with Crippen LogP contribution in [0, 0.1) is 0 Å². The number of sulfonamides is 1. The Balaban J connectivity index is 0.000000183. The third kappa shape index (κ3) is 35.9. The highest BCUT2D eigenvalue weighted by molar-refractivity contribution is 9.08. The summed E-state index contributed by atoms with van der Waals surface area (Å²) >= 11 is 46.6. The number of aromatic nitrogens is 10. The molecule has 54 heteroatoms. The number of carboxylic acid groups (broad SMARTS) is 1. The first-order chi connectivity index (χ1) is 64.9. The summed E-state index contributed by atoms with van der Waals surface area (Å²) in [5.41, 5.74) is 1.57. The molecule has 6 aliphatic rings. The van der Waals surface area contributed by atoms with E-state index in [1.54, 1.807) is 53.2 Å². The molecule has 0 aromatic carbocycles. The molecule has 4 N–H and O–H groups in total. The molecule has 0 aliphatic carbocycles. The van der Waals surface area contributed by atoms with Gasteiger partial charge in [0.1, 0.15) is 28.0 Å². The van der Waals surface area contributed by atoms with Gasteiger partial charge < -0.3 is 88.6 Å². The van der Waals surface area contributed by atoms with Crippen LogP contribution < -0.4 is 30.2 Å². The summed E-state index contributed by atoms with van der Waals surface area (Å²) in [4.78, 5) is 142. The van der Waals surface area contributed by atoms with Gasteiger partial charge in [-0.05, 0) is 203 Å². The Morgan fingerprint density at radius 2 is 0.683 bits per heavy atom. The maximum Gasteiger partial charge on any atom is 0.490 e. The van der Waals surface area contributed by atoms with Crippen molar-refractivity contribution >= 4 is 269 Å². The molecule has 0 unspecified atom stereocenters. The van der Waals surface area contributed by atoms with Crippen LogP contribution in [0.15, 0.2) is 41.1 Å². The van der Waals surface area contributed by atoms with Crippen molar-refractivity contribution in [2.75, 3.05) is 183 Å². The van der Waals surface area contributed by atoms with Gasteiger partial charge in [0.2, 0.25) is 36.4 Å². The summed E-state index contributed by atoms with van der Waals surface area (Å²) in [6.45, 7) is 43.7. The SMILES string of the molecule is CC(C)(C)OC(=O)N1CCN(c2nc(Cl)nc3cc(C=O)sc23)CC1.CC(C)(C)OC(=O)N1CCN(c2nc(Cl)nc3cc(CBr)sc23)CC1.CC(C)(C)OC(=O)N1CCN(c2nc(Cl)nc3cc(CO)sc23)CC1.CC(C)(C)OC(=O)N1CCN(c2nc(Cl)nc3ccsc23)CC1.CC(C)(C)OC(=O)N1CCNCC1.CS(=O)(=O)N1CCNCC1.Clc1nc(Cl)c2sccc2n1.O=C(O)C(F)(F)F. The largest absolute Gasteiger partial charge is 0.490 e. The minimum Gasteiger partial charge on any atom is -0.475 e. The van der Waals surface area contributed by atoms with Gasteiger partial charge in [-0.1, -0.05) is 27.5 Å². The van der Waals surface area contributed by atoms with E-state index < -0.39 is 44.6 Å². The Labute approximate surface area is 860 Å². The van der Waals surface area contributed by atoms with Crippen LogP contribution in [0.25, 0.3) is 51.1 Å². The summed E-state index contributed by atoms with van der Waals surface area (Å²) < 4.78 is 86.6. The summed E-state index contributed by atoms with van der Waals surface area (Å²) in [5.74, 6) is 0.392. The number of anilines is 4. The predicted octanol–water partition coefficient (Wildman–Crippen LogP) is 17.1. The van der Waals surface area contributed by atoms with Crippen molar-refractivity contribution in [1.82, 2.24) is 89.3 Å². The van der Waals surface area contributed by atoms with Crippen molar-refractivity contribution in [2.24, 2.45) is 0 Å². The summed E-state index contributed by atoms with van der Waals surface area (Å²) in [5, 5.41) is 28.8. The minimum absolute atomic E-state index is 0.0372. The number of ether oxygens (including phenoxy) is 5. The van der Waals surface area contributed by atoms with Crippen LogP contribution >= 0.6 is 142 Å². The van der Waals surface area contributed by atoms with Crippen LogP contribution in [-0.2, 0) is 50.4 Å². The summed E-state index contributed by atoms with van der Waals surface area (Å²) in [6.07, 6.45) is -4.37. The number of nitrogens with one attached hydrogen (secondary N) is 2. The zero-order chi connectivity index (χ0) is 103. The first kappa shape index (κ1) is 114. The minimum atomic E-state index is -5.08. The quantitative estimate of drug-likeness (QED) is 0.0361. The number of nitrogens with zero attached hydrogens (tertiary/aromatic N) is 20. The van der Waals surface area contributed by atoms with Crippen LogP contribution in [0.2, 0.25) is 31.6 Å². The van der Waals surface area contributed by atoms with Gasteiger partial charge >= 0.3 is 42.6 Å². The second-order valence-corrected chi connectivity index (χ2v) is 46.0. The molecule has 0 atom stereocenters. The molecule has 16 rings (SSSR count). The maximum absolute atomic E-state index is 12.2. The molecule has 6 aliphatic heterocycles. The molecule has 38 nitrogen and oxygen atoms in total. The van der Waals surface area contributed by atoms with Gasteiger partial charge in [-0.2, -0.15) is 37.4 Å². The average Bonchev–Trinajstić information content (AvgIpc) is 1.65. The van der Waals surface area contributed by atoms with E-state index in [-0.39, 0.29) is 69.1 Å². The number of hydrogen-bond donors (Lipinski definition) is 4. The van der Waals surface area contributed by atoms with Crippen LogP contribution in [-0.4, -0.2) is 338 Å². The van der Waals surface area contributed by atoms with Crippen molar-refractivity contribution in [1.29, 1.82) is 0 Å². The van der Waals surface area contributed by atoms with E-state index in [1.165, 1.54) is 49.4 Å². The van der Waals surface area contributed by atoms with E-state index in [9.17, 15) is 55.5 Å². The molecule has 16 heterocycles. The lowest BCUT2D eigenvalue weighted by Crippen LogP contribution is -2.50. The van der Waals surface area contributed by atoms with E-state index in [0.29, 0.717) is 139 Å². The Morgan fingerprint density at radius 3 is 0.986 bits per heavy atom. The monoisotopic (exact) mass is 2230 g/mol.